The van der Waals surface area contributed by atoms with Crippen LogP contribution in [0.5, 0.6) is 0 Å². The number of hydrogen-bond donors (Lipinski definition) is 3. The molecule has 0 saturated heterocycles. The topological polar surface area (TPSA) is 113 Å². The largest absolute Gasteiger partial charge is 0.392 e. The normalized spacial score (nSPS) is 13.6. The number of aromatic amines is 1. The van der Waals surface area contributed by atoms with Crippen molar-refractivity contribution in [1.82, 2.24) is 24.7 Å². The number of aromatic nitrogens is 4. The molecular weight excluding hydrogens is 270 g/mol. The van der Waals surface area contributed by atoms with Crippen LogP contribution < -0.4 is 4.72 Å². The van der Waals surface area contributed by atoms with Gasteiger partial charge in [-0.05, 0) is 13.0 Å². The molecule has 0 aliphatic rings. The summed E-state index contributed by atoms with van der Waals surface area (Å²) in [6.07, 6.45) is 4.66. The molecule has 0 aromatic carbocycles. The van der Waals surface area contributed by atoms with Crippen LogP contribution in [0.1, 0.15) is 12.5 Å². The van der Waals surface area contributed by atoms with Crippen LogP contribution in [0.4, 0.5) is 0 Å². The minimum Gasteiger partial charge on any atom is -0.392 e. The van der Waals surface area contributed by atoms with Gasteiger partial charge in [-0.25, -0.2) is 13.1 Å². The number of aliphatic hydroxyl groups excluding tert-OH is 1. The Balaban J connectivity index is 2.09. The lowest BCUT2D eigenvalue weighted by Gasteiger charge is -2.13. The minimum atomic E-state index is -3.73. The number of H-pyrrole nitrogens is 1. The maximum absolute atomic E-state index is 12.1. The summed E-state index contributed by atoms with van der Waals surface area (Å²) in [6.45, 7) is 1.75. The van der Waals surface area contributed by atoms with Gasteiger partial charge in [0, 0.05) is 24.0 Å². The van der Waals surface area contributed by atoms with Crippen molar-refractivity contribution in [1.29, 1.82) is 0 Å². The van der Waals surface area contributed by atoms with Crippen molar-refractivity contribution >= 4 is 10.0 Å². The van der Waals surface area contributed by atoms with Gasteiger partial charge in [0.25, 0.3) is 10.0 Å². The molecular formula is C10H15N5O3S. The minimum absolute atomic E-state index is 0.109. The highest BCUT2D eigenvalue weighted by Gasteiger charge is 2.22. The van der Waals surface area contributed by atoms with Crippen molar-refractivity contribution in [2.45, 2.75) is 31.1 Å². The molecule has 2 heterocycles. The highest BCUT2D eigenvalue weighted by molar-refractivity contribution is 7.89. The molecule has 2 aromatic rings. The van der Waals surface area contributed by atoms with Crippen LogP contribution in [0.15, 0.2) is 29.7 Å². The first-order chi connectivity index (χ1) is 9.03. The van der Waals surface area contributed by atoms with Crippen molar-refractivity contribution in [2.75, 3.05) is 0 Å². The third-order valence-corrected chi connectivity index (χ3v) is 4.10. The number of aliphatic hydroxyl groups is 1. The highest BCUT2D eigenvalue weighted by Crippen LogP contribution is 2.12. The Kier molecular flexibility index (Phi) is 3.98. The summed E-state index contributed by atoms with van der Waals surface area (Å²) >= 11 is 0. The molecule has 8 nitrogen and oxygen atoms in total. The number of nitrogens with zero attached hydrogens (tertiary/aromatic N) is 3. The van der Waals surface area contributed by atoms with Crippen LogP contribution in [0.2, 0.25) is 0 Å². The van der Waals surface area contributed by atoms with Crippen LogP contribution in [0, 0.1) is 0 Å². The van der Waals surface area contributed by atoms with E-state index in [0.717, 1.165) is 0 Å². The zero-order chi connectivity index (χ0) is 13.9. The van der Waals surface area contributed by atoms with Crippen molar-refractivity contribution in [3.05, 3.63) is 30.2 Å². The van der Waals surface area contributed by atoms with Crippen molar-refractivity contribution in [2.24, 2.45) is 0 Å². The van der Waals surface area contributed by atoms with E-state index < -0.39 is 10.0 Å². The van der Waals surface area contributed by atoms with E-state index in [-0.39, 0.29) is 23.2 Å². The predicted molar refractivity (Wildman–Crippen MR) is 66.5 cm³/mol. The van der Waals surface area contributed by atoms with E-state index >= 15 is 0 Å². The maximum atomic E-state index is 12.1. The van der Waals surface area contributed by atoms with Gasteiger partial charge in [0.05, 0.1) is 19.3 Å². The Labute approximate surface area is 110 Å². The molecule has 3 N–H and O–H groups in total. The molecule has 0 bridgehead atoms. The number of rotatable bonds is 6. The smallest absolute Gasteiger partial charge is 0.258 e. The van der Waals surface area contributed by atoms with E-state index in [1.807, 2.05) is 0 Å². The Bertz CT molecular complexity index is 619. The van der Waals surface area contributed by atoms with Gasteiger partial charge >= 0.3 is 0 Å². The van der Waals surface area contributed by atoms with Gasteiger partial charge in [0.1, 0.15) is 0 Å². The molecule has 1 unspecified atom stereocenters. The van der Waals surface area contributed by atoms with Crippen molar-refractivity contribution < 1.29 is 13.5 Å². The van der Waals surface area contributed by atoms with Crippen LogP contribution in [0.25, 0.3) is 0 Å². The molecule has 1 atom stereocenters. The monoisotopic (exact) mass is 285 g/mol. The van der Waals surface area contributed by atoms with Crippen molar-refractivity contribution in [3.63, 3.8) is 0 Å². The highest BCUT2D eigenvalue weighted by atomic mass is 32.2. The van der Waals surface area contributed by atoms with Crippen molar-refractivity contribution in [3.8, 4) is 0 Å². The lowest BCUT2D eigenvalue weighted by Crippen LogP contribution is -2.36. The Hall–Kier alpha value is -1.71. The number of hydrogen-bond acceptors (Lipinski definition) is 5. The molecule has 104 valence electrons. The SMILES string of the molecule is CC(Cn1cccn1)NS(=O)(=O)c1[nH]ncc1CO. The molecule has 0 spiro atoms. The first-order valence-electron chi connectivity index (χ1n) is 5.66. The maximum Gasteiger partial charge on any atom is 0.258 e. The van der Waals surface area contributed by atoms with Gasteiger partial charge in [-0.3, -0.25) is 9.78 Å². The summed E-state index contributed by atoms with van der Waals surface area (Å²) in [7, 11) is -3.73. The second kappa shape index (κ2) is 5.51. The Morgan fingerprint density at radius 3 is 3.00 bits per heavy atom. The first kappa shape index (κ1) is 13.7. The molecule has 19 heavy (non-hydrogen) atoms. The summed E-state index contributed by atoms with van der Waals surface area (Å²) in [6, 6.07) is 1.42. The molecule has 0 radical (unpaired) electrons. The number of nitrogens with one attached hydrogen (secondary N) is 2. The summed E-state index contributed by atoms with van der Waals surface area (Å²) < 4.78 is 28.3. The second-order valence-corrected chi connectivity index (χ2v) is 5.78. The van der Waals surface area contributed by atoms with Crippen LogP contribution in [0.3, 0.4) is 0 Å². The van der Waals surface area contributed by atoms with Crippen LogP contribution >= 0.6 is 0 Å². The summed E-state index contributed by atoms with van der Waals surface area (Å²) in [5, 5.41) is 18.9. The molecule has 0 fully saturated rings. The van der Waals surface area contributed by atoms with E-state index in [4.69, 9.17) is 5.11 Å². The standard InChI is InChI=1S/C10H15N5O3S/c1-8(6-15-4-2-3-12-15)14-19(17,18)10-9(7-16)5-11-13-10/h2-5,8,14,16H,6-7H2,1H3,(H,11,13). The fraction of sp³-hybridized carbons (Fsp3) is 0.400. The van der Waals surface area contributed by atoms with Crippen LogP contribution in [-0.4, -0.2) is 39.5 Å². The summed E-state index contributed by atoms with van der Waals surface area (Å²) in [4.78, 5) is 0. The molecule has 9 heteroatoms. The van der Waals surface area contributed by atoms with E-state index in [0.29, 0.717) is 6.54 Å². The van der Waals surface area contributed by atoms with Gasteiger partial charge in [0.15, 0.2) is 5.03 Å². The van der Waals surface area contributed by atoms with E-state index in [1.165, 1.54) is 6.20 Å². The average molecular weight is 285 g/mol. The lowest BCUT2D eigenvalue weighted by molar-refractivity contribution is 0.278. The second-order valence-electron chi connectivity index (χ2n) is 4.13. The zero-order valence-corrected chi connectivity index (χ0v) is 11.1. The zero-order valence-electron chi connectivity index (χ0n) is 10.3. The Morgan fingerprint density at radius 2 is 2.37 bits per heavy atom. The number of sulfonamides is 1. The van der Waals surface area contributed by atoms with E-state index in [2.05, 4.69) is 20.0 Å². The van der Waals surface area contributed by atoms with Gasteiger partial charge in [0.2, 0.25) is 0 Å². The molecule has 0 aliphatic heterocycles. The van der Waals surface area contributed by atoms with E-state index in [9.17, 15) is 8.42 Å². The van der Waals surface area contributed by atoms with Gasteiger partial charge in [-0.2, -0.15) is 10.2 Å². The first-order valence-corrected chi connectivity index (χ1v) is 7.14. The predicted octanol–water partition coefficient (Wildman–Crippen LogP) is -0.534. The van der Waals surface area contributed by atoms with Gasteiger partial charge in [-0.15, -0.1) is 0 Å². The average Bonchev–Trinajstić information content (AvgIpc) is 2.97. The van der Waals surface area contributed by atoms with E-state index in [1.54, 1.807) is 30.1 Å². The molecule has 0 saturated carbocycles. The summed E-state index contributed by atoms with van der Waals surface area (Å²) in [5.74, 6) is 0. The third kappa shape index (κ3) is 3.19. The fourth-order valence-corrected chi connectivity index (χ4v) is 3.05. The van der Waals surface area contributed by atoms with Crippen LogP contribution in [-0.2, 0) is 23.2 Å². The molecule has 2 aromatic heterocycles. The lowest BCUT2D eigenvalue weighted by atomic mass is 10.4. The van der Waals surface area contributed by atoms with Gasteiger partial charge in [-0.1, -0.05) is 0 Å². The quantitative estimate of drug-likeness (QED) is 0.660. The molecule has 0 amide bonds. The molecule has 2 rings (SSSR count). The third-order valence-electron chi connectivity index (χ3n) is 2.49. The fourth-order valence-electron chi connectivity index (χ4n) is 1.69. The summed E-state index contributed by atoms with van der Waals surface area (Å²) in [5.41, 5.74) is 0.235. The van der Waals surface area contributed by atoms with Gasteiger partial charge < -0.3 is 5.11 Å². The Morgan fingerprint density at radius 1 is 1.58 bits per heavy atom. The molecule has 0 aliphatic carbocycles.